The molecule has 0 amide bonds. The minimum Gasteiger partial charge on any atom is -0.417 e. The van der Waals surface area contributed by atoms with E-state index >= 15 is 0 Å². The summed E-state index contributed by atoms with van der Waals surface area (Å²) < 4.78 is 21.3. The smallest absolute Gasteiger partial charge is 0.192 e. The van der Waals surface area contributed by atoms with E-state index in [1.165, 1.54) is 6.42 Å². The molecule has 44 heavy (non-hydrogen) atoms. The van der Waals surface area contributed by atoms with E-state index in [1.54, 1.807) is 0 Å². The van der Waals surface area contributed by atoms with E-state index in [1.807, 2.05) is 0 Å². The quantitative estimate of drug-likeness (QED) is 0.230. The monoisotopic (exact) mass is 666 g/mol. The molecule has 7 atom stereocenters. The van der Waals surface area contributed by atoms with Crippen LogP contribution >= 0.6 is 0 Å². The number of fused-ring (bicyclic) bond motifs is 1. The highest BCUT2D eigenvalue weighted by atomic mass is 28.4. The predicted molar refractivity (Wildman–Crippen MR) is 196 cm³/mol. The fourth-order valence-corrected chi connectivity index (χ4v) is 11.5. The molecule has 0 aliphatic heterocycles. The minimum atomic E-state index is -1.93. The summed E-state index contributed by atoms with van der Waals surface area (Å²) in [6.07, 6.45) is 7.66. The fourth-order valence-electron chi connectivity index (χ4n) is 7.98. The first-order valence-corrected chi connectivity index (χ1v) is 26.8. The molecule has 0 aromatic heterocycles. The van der Waals surface area contributed by atoms with E-state index in [4.69, 9.17) is 13.3 Å². The lowest BCUT2D eigenvalue weighted by atomic mass is 9.49. The van der Waals surface area contributed by atoms with Gasteiger partial charge in [0.1, 0.15) is 5.78 Å². The largest absolute Gasteiger partial charge is 0.417 e. The number of hydrogen-bond acceptors (Lipinski definition) is 4. The number of hydrogen-bond donors (Lipinski definition) is 0. The van der Waals surface area contributed by atoms with Crippen LogP contribution in [0, 0.1) is 34.5 Å². The molecule has 0 aromatic carbocycles. The second-order valence-corrected chi connectivity index (χ2v) is 34.8. The van der Waals surface area contributed by atoms with E-state index in [0.29, 0.717) is 35.6 Å². The van der Waals surface area contributed by atoms with Crippen LogP contribution in [0.4, 0.5) is 0 Å². The van der Waals surface area contributed by atoms with Crippen molar-refractivity contribution in [3.05, 3.63) is 0 Å². The first kappa shape index (κ1) is 38.6. The van der Waals surface area contributed by atoms with Crippen molar-refractivity contribution in [1.29, 1.82) is 0 Å². The number of rotatable bonds is 9. The van der Waals surface area contributed by atoms with Crippen LogP contribution in [0.25, 0.3) is 0 Å². The lowest BCUT2D eigenvalue weighted by Gasteiger charge is -2.57. The van der Waals surface area contributed by atoms with Gasteiger partial charge in [-0.1, -0.05) is 76.2 Å². The van der Waals surface area contributed by atoms with Crippen molar-refractivity contribution in [2.75, 3.05) is 13.2 Å². The Kier molecular flexibility index (Phi) is 11.1. The van der Waals surface area contributed by atoms with Crippen molar-refractivity contribution in [3.63, 3.8) is 0 Å². The Hall–Kier alpha value is 0.201. The van der Waals surface area contributed by atoms with Crippen molar-refractivity contribution < 1.29 is 18.1 Å². The zero-order valence-corrected chi connectivity index (χ0v) is 35.4. The van der Waals surface area contributed by atoms with Crippen molar-refractivity contribution >= 4 is 30.7 Å². The van der Waals surface area contributed by atoms with Gasteiger partial charge in [-0.15, -0.1) is 0 Å². The lowest BCUT2D eigenvalue weighted by Crippen LogP contribution is -2.56. The SMILES string of the molecule is CC(C)(C)[Si](C)(C)OC[C@@H]1[C@@H]([C@@]2(C)CC[C@H](O[Si](C)(C)C(C)(C)C)C[C@@H]2CO[Si](C)(C)C(C)(C)C)CC[C@]2(C)C(=O)CC[C@@H]12. The number of ketones is 1. The summed E-state index contributed by atoms with van der Waals surface area (Å²) in [6.45, 7) is 42.2. The molecule has 3 fully saturated rings. The second kappa shape index (κ2) is 12.6. The van der Waals surface area contributed by atoms with E-state index in [0.717, 1.165) is 51.7 Å². The van der Waals surface area contributed by atoms with Crippen LogP contribution in [0.15, 0.2) is 0 Å². The standard InChI is InChI=1S/C37H74O4Si3/c1-33(2,3)42(12,13)39-25-27-24-28(41-44(16,17)35(7,8)9)20-22-36(27,10)31-21-23-37(11)30(18-19-32(37)38)29(31)26-40-43(14,15)34(4,5)6/h27-31H,18-26H2,1-17H3/t27-,28+,29+,30+,31+,36+,37+/m1/s1. The fraction of sp³-hybridized carbons (Fsp3) is 0.973. The van der Waals surface area contributed by atoms with Crippen LogP contribution in [0.5, 0.6) is 0 Å². The van der Waals surface area contributed by atoms with Crippen LogP contribution in [0.3, 0.4) is 0 Å². The summed E-state index contributed by atoms with van der Waals surface area (Å²) in [4.78, 5) is 13.4. The minimum absolute atomic E-state index is 0.143. The number of carbonyl (C=O) groups is 1. The lowest BCUT2D eigenvalue weighted by molar-refractivity contribution is -0.137. The molecule has 3 saturated carbocycles. The van der Waals surface area contributed by atoms with Crippen molar-refractivity contribution in [2.45, 2.75) is 182 Å². The predicted octanol–water partition coefficient (Wildman–Crippen LogP) is 11.2. The van der Waals surface area contributed by atoms with Crippen molar-refractivity contribution in [1.82, 2.24) is 0 Å². The maximum atomic E-state index is 13.4. The molecule has 3 aliphatic rings. The average molecular weight is 667 g/mol. The summed E-state index contributed by atoms with van der Waals surface area (Å²) in [6, 6.07) is 0. The Morgan fingerprint density at radius 3 is 1.68 bits per heavy atom. The molecule has 0 spiro atoms. The number of carbonyl (C=O) groups excluding carboxylic acids is 1. The molecular formula is C37H74O4Si3. The first-order valence-electron chi connectivity index (χ1n) is 18.1. The van der Waals surface area contributed by atoms with Gasteiger partial charge >= 0.3 is 0 Å². The van der Waals surface area contributed by atoms with Gasteiger partial charge in [0.25, 0.3) is 0 Å². The van der Waals surface area contributed by atoms with Crippen LogP contribution in [-0.4, -0.2) is 50.1 Å². The van der Waals surface area contributed by atoms with Gasteiger partial charge in [0, 0.05) is 31.2 Å². The molecule has 0 N–H and O–H groups in total. The van der Waals surface area contributed by atoms with Crippen LogP contribution in [-0.2, 0) is 18.1 Å². The molecule has 4 nitrogen and oxygen atoms in total. The Morgan fingerprint density at radius 1 is 0.682 bits per heavy atom. The highest BCUT2D eigenvalue weighted by Crippen LogP contribution is 2.62. The molecule has 0 heterocycles. The molecule has 7 heteroatoms. The molecule has 258 valence electrons. The van der Waals surface area contributed by atoms with Gasteiger partial charge in [0.15, 0.2) is 25.0 Å². The van der Waals surface area contributed by atoms with Crippen molar-refractivity contribution in [2.24, 2.45) is 34.5 Å². The number of Topliss-reactive ketones (excluding diaryl/α,β-unsaturated/α-hetero) is 1. The van der Waals surface area contributed by atoms with Gasteiger partial charge in [-0.3, -0.25) is 4.79 Å². The third-order valence-corrected chi connectivity index (χ3v) is 28.2. The molecule has 0 bridgehead atoms. The topological polar surface area (TPSA) is 44.8 Å². The Bertz CT molecular complexity index is 1020. The van der Waals surface area contributed by atoms with Gasteiger partial charge in [0.2, 0.25) is 0 Å². The average Bonchev–Trinajstić information content (AvgIpc) is 3.15. The van der Waals surface area contributed by atoms with Gasteiger partial charge in [0.05, 0.1) is 0 Å². The van der Waals surface area contributed by atoms with E-state index in [9.17, 15) is 4.79 Å². The van der Waals surface area contributed by atoms with Gasteiger partial charge < -0.3 is 13.3 Å². The van der Waals surface area contributed by atoms with Crippen LogP contribution in [0.1, 0.15) is 121 Å². The van der Waals surface area contributed by atoms with Crippen LogP contribution < -0.4 is 0 Å². The molecule has 0 aromatic rings. The maximum Gasteiger partial charge on any atom is 0.192 e. The summed E-state index contributed by atoms with van der Waals surface area (Å²) in [7, 11) is -5.73. The molecular weight excluding hydrogens is 593 g/mol. The van der Waals surface area contributed by atoms with Crippen molar-refractivity contribution in [3.8, 4) is 0 Å². The maximum absolute atomic E-state index is 13.4. The Morgan fingerprint density at radius 2 is 1.18 bits per heavy atom. The highest BCUT2D eigenvalue weighted by Gasteiger charge is 2.59. The zero-order valence-electron chi connectivity index (χ0n) is 32.4. The van der Waals surface area contributed by atoms with Crippen LogP contribution in [0.2, 0.25) is 54.4 Å². The molecule has 3 rings (SSSR count). The van der Waals surface area contributed by atoms with Gasteiger partial charge in [-0.25, -0.2) is 0 Å². The third-order valence-electron chi connectivity index (χ3n) is 14.6. The molecule has 3 aliphatic carbocycles. The molecule has 0 unspecified atom stereocenters. The molecule has 0 saturated heterocycles. The zero-order chi connectivity index (χ0) is 33.9. The van der Waals surface area contributed by atoms with Gasteiger partial charge in [-0.05, 0) is 122 Å². The Balaban J connectivity index is 2.00. The highest BCUT2D eigenvalue weighted by molar-refractivity contribution is 6.74. The van der Waals surface area contributed by atoms with Gasteiger partial charge in [-0.2, -0.15) is 0 Å². The summed E-state index contributed by atoms with van der Waals surface area (Å²) in [5, 5.41) is 0.565. The molecule has 0 radical (unpaired) electrons. The van der Waals surface area contributed by atoms with E-state index in [-0.39, 0.29) is 25.9 Å². The Labute approximate surface area is 277 Å². The third kappa shape index (κ3) is 7.58. The van der Waals surface area contributed by atoms with E-state index < -0.39 is 25.0 Å². The summed E-state index contributed by atoms with van der Waals surface area (Å²) >= 11 is 0. The summed E-state index contributed by atoms with van der Waals surface area (Å²) in [5.74, 6) is 2.35. The normalized spacial score (nSPS) is 34.8. The van der Waals surface area contributed by atoms with E-state index in [2.05, 4.69) is 115 Å². The summed E-state index contributed by atoms with van der Waals surface area (Å²) in [5.41, 5.74) is -0.0336. The second-order valence-electron chi connectivity index (χ2n) is 20.4. The first-order chi connectivity index (χ1) is 19.6.